The van der Waals surface area contributed by atoms with Crippen LogP contribution in [0.25, 0.3) is 0 Å². The third-order valence-electron chi connectivity index (χ3n) is 3.62. The summed E-state index contributed by atoms with van der Waals surface area (Å²) in [4.78, 5) is 28.1. The molecule has 6 heteroatoms. The van der Waals surface area contributed by atoms with Crippen LogP contribution in [-0.4, -0.2) is 30.5 Å². The van der Waals surface area contributed by atoms with Crippen molar-refractivity contribution in [1.82, 2.24) is 10.3 Å². The number of rotatable bonds is 4. The Morgan fingerprint density at radius 1 is 1.48 bits per heavy atom. The molecule has 1 aliphatic rings. The Morgan fingerprint density at radius 3 is 3.00 bits per heavy atom. The van der Waals surface area contributed by atoms with Gasteiger partial charge < -0.3 is 15.4 Å². The lowest BCUT2D eigenvalue weighted by Crippen LogP contribution is -2.31. The molecule has 1 aliphatic heterocycles. The molecule has 2 N–H and O–H groups in total. The quantitative estimate of drug-likeness (QED) is 0.884. The Bertz CT molecular complexity index is 531. The highest BCUT2D eigenvalue weighted by molar-refractivity contribution is 5.94. The predicted octanol–water partition coefficient (Wildman–Crippen LogP) is 1.64. The van der Waals surface area contributed by atoms with E-state index in [1.54, 1.807) is 26.2 Å². The van der Waals surface area contributed by atoms with Crippen molar-refractivity contribution in [1.29, 1.82) is 0 Å². The molecular weight excluding hydrogens is 270 g/mol. The fourth-order valence-corrected chi connectivity index (χ4v) is 2.41. The van der Waals surface area contributed by atoms with E-state index < -0.39 is 0 Å². The minimum Gasteiger partial charge on any atom is -0.481 e. The number of ether oxygens (including phenoxy) is 1. The number of pyridine rings is 1. The van der Waals surface area contributed by atoms with E-state index in [0.29, 0.717) is 23.8 Å². The maximum atomic E-state index is 12.1. The van der Waals surface area contributed by atoms with Crippen molar-refractivity contribution in [2.24, 2.45) is 5.92 Å². The summed E-state index contributed by atoms with van der Waals surface area (Å²) in [5.41, 5.74) is 1.34. The minimum absolute atomic E-state index is 0.0211. The third kappa shape index (κ3) is 4.18. The Labute approximate surface area is 124 Å². The number of anilines is 1. The second-order valence-corrected chi connectivity index (χ2v) is 5.22. The van der Waals surface area contributed by atoms with E-state index in [0.717, 1.165) is 19.3 Å². The van der Waals surface area contributed by atoms with Gasteiger partial charge in [-0.25, -0.2) is 4.98 Å². The topological polar surface area (TPSA) is 80.3 Å². The van der Waals surface area contributed by atoms with Crippen LogP contribution in [0.2, 0.25) is 0 Å². The second-order valence-electron chi connectivity index (χ2n) is 5.22. The zero-order valence-corrected chi connectivity index (χ0v) is 12.4. The van der Waals surface area contributed by atoms with Crippen molar-refractivity contribution in [3.8, 4) is 5.88 Å². The molecule has 0 saturated carbocycles. The van der Waals surface area contributed by atoms with E-state index in [1.165, 1.54) is 0 Å². The van der Waals surface area contributed by atoms with Gasteiger partial charge >= 0.3 is 0 Å². The van der Waals surface area contributed by atoms with Gasteiger partial charge in [0, 0.05) is 24.9 Å². The molecule has 0 aliphatic carbocycles. The lowest BCUT2D eigenvalue weighted by molar-refractivity contribution is -0.128. The van der Waals surface area contributed by atoms with Crippen molar-refractivity contribution >= 4 is 17.5 Å². The molecule has 2 heterocycles. The van der Waals surface area contributed by atoms with Crippen molar-refractivity contribution < 1.29 is 14.3 Å². The number of nitrogens with one attached hydrogen (secondary N) is 2. The first kappa shape index (κ1) is 15.3. The molecule has 114 valence electrons. The molecular formula is C15H21N3O3. The summed E-state index contributed by atoms with van der Waals surface area (Å²) in [6.45, 7) is 2.51. The molecule has 2 rings (SSSR count). The zero-order valence-electron chi connectivity index (χ0n) is 12.4. The zero-order chi connectivity index (χ0) is 15.2. The highest BCUT2D eigenvalue weighted by atomic mass is 16.5. The molecule has 1 fully saturated rings. The van der Waals surface area contributed by atoms with E-state index in [-0.39, 0.29) is 24.2 Å². The summed E-state index contributed by atoms with van der Waals surface area (Å²) >= 11 is 0. The summed E-state index contributed by atoms with van der Waals surface area (Å²) in [5.74, 6) is 0.0898. The van der Waals surface area contributed by atoms with Crippen molar-refractivity contribution in [2.45, 2.75) is 32.6 Å². The number of amides is 2. The number of aryl methyl sites for hydroxylation is 1. The van der Waals surface area contributed by atoms with Gasteiger partial charge in [0.15, 0.2) is 0 Å². The van der Waals surface area contributed by atoms with Gasteiger partial charge in [-0.1, -0.05) is 6.42 Å². The first-order chi connectivity index (χ1) is 10.1. The van der Waals surface area contributed by atoms with Gasteiger partial charge in [0.2, 0.25) is 17.7 Å². The van der Waals surface area contributed by atoms with E-state index in [4.69, 9.17) is 4.74 Å². The maximum absolute atomic E-state index is 12.1. The van der Waals surface area contributed by atoms with Crippen molar-refractivity contribution in [2.75, 3.05) is 19.0 Å². The molecule has 0 spiro atoms. The van der Waals surface area contributed by atoms with Gasteiger partial charge in [0.05, 0.1) is 18.5 Å². The van der Waals surface area contributed by atoms with E-state index in [1.807, 2.05) is 0 Å². The summed E-state index contributed by atoms with van der Waals surface area (Å²) in [5, 5.41) is 5.66. The van der Waals surface area contributed by atoms with Gasteiger partial charge in [-0.3, -0.25) is 9.59 Å². The predicted molar refractivity (Wildman–Crippen MR) is 79.1 cm³/mol. The van der Waals surface area contributed by atoms with Gasteiger partial charge in [0.1, 0.15) is 0 Å². The average Bonchev–Trinajstić information content (AvgIpc) is 2.66. The van der Waals surface area contributed by atoms with Crippen LogP contribution in [0.3, 0.4) is 0 Å². The monoisotopic (exact) mass is 291 g/mol. The molecule has 1 atom stereocenters. The van der Waals surface area contributed by atoms with Gasteiger partial charge in [0.25, 0.3) is 0 Å². The highest BCUT2D eigenvalue weighted by Crippen LogP contribution is 2.20. The largest absolute Gasteiger partial charge is 0.481 e. The fourth-order valence-electron chi connectivity index (χ4n) is 2.41. The summed E-state index contributed by atoms with van der Waals surface area (Å²) in [7, 11) is 1.55. The Kier molecular flexibility index (Phi) is 5.14. The fraction of sp³-hybridized carbons (Fsp3) is 0.533. The molecule has 1 aromatic rings. The van der Waals surface area contributed by atoms with Gasteiger partial charge in [-0.15, -0.1) is 0 Å². The number of aromatic nitrogens is 1. The van der Waals surface area contributed by atoms with Crippen LogP contribution < -0.4 is 15.4 Å². The normalized spacial score (nSPS) is 18.6. The third-order valence-corrected chi connectivity index (χ3v) is 3.62. The molecule has 0 radical (unpaired) electrons. The number of nitrogens with zero attached hydrogens (tertiary/aromatic N) is 1. The number of methoxy groups -OCH3 is 1. The smallest absolute Gasteiger partial charge is 0.225 e. The molecule has 6 nitrogen and oxygen atoms in total. The van der Waals surface area contributed by atoms with E-state index in [9.17, 15) is 9.59 Å². The first-order valence-corrected chi connectivity index (χ1v) is 7.19. The Morgan fingerprint density at radius 2 is 2.29 bits per heavy atom. The minimum atomic E-state index is -0.237. The highest BCUT2D eigenvalue weighted by Gasteiger charge is 2.23. The van der Waals surface area contributed by atoms with Crippen LogP contribution >= 0.6 is 0 Å². The number of carbonyl (C=O) groups excluding carboxylic acids is 2. The molecule has 1 aromatic heterocycles. The summed E-state index contributed by atoms with van der Waals surface area (Å²) < 4.78 is 5.03. The van der Waals surface area contributed by atoms with Crippen LogP contribution in [0, 0.1) is 12.8 Å². The van der Waals surface area contributed by atoms with Crippen molar-refractivity contribution in [3.63, 3.8) is 0 Å². The van der Waals surface area contributed by atoms with E-state index >= 15 is 0 Å². The van der Waals surface area contributed by atoms with Gasteiger partial charge in [-0.2, -0.15) is 0 Å². The molecule has 2 amide bonds. The van der Waals surface area contributed by atoms with Crippen LogP contribution in [0.5, 0.6) is 5.88 Å². The summed E-state index contributed by atoms with van der Waals surface area (Å²) in [6.07, 6.45) is 2.92. The number of carbonyl (C=O) groups is 2. The Balaban J connectivity index is 1.96. The lowest BCUT2D eigenvalue weighted by atomic mass is 9.98. The standard InChI is InChI=1S/C15H21N3O3/c1-10-12(6-7-14(17-10)21-2)18-13(19)9-11-5-3-4-8-16-15(11)20/h6-7,11H,3-5,8-9H2,1-2H3,(H,16,20)(H,18,19). The molecule has 21 heavy (non-hydrogen) atoms. The number of hydrogen-bond acceptors (Lipinski definition) is 4. The maximum Gasteiger partial charge on any atom is 0.225 e. The van der Waals surface area contributed by atoms with Crippen LogP contribution in [-0.2, 0) is 9.59 Å². The van der Waals surface area contributed by atoms with Crippen molar-refractivity contribution in [3.05, 3.63) is 17.8 Å². The first-order valence-electron chi connectivity index (χ1n) is 7.19. The SMILES string of the molecule is COc1ccc(NC(=O)CC2CCCCNC2=O)c(C)n1. The van der Waals surface area contributed by atoms with Crippen LogP contribution in [0.15, 0.2) is 12.1 Å². The van der Waals surface area contributed by atoms with Gasteiger partial charge in [-0.05, 0) is 25.8 Å². The molecule has 1 unspecified atom stereocenters. The Hall–Kier alpha value is -2.11. The molecule has 0 bridgehead atoms. The van der Waals surface area contributed by atoms with Crippen LogP contribution in [0.4, 0.5) is 5.69 Å². The molecule has 1 saturated heterocycles. The second kappa shape index (κ2) is 7.06. The summed E-state index contributed by atoms with van der Waals surface area (Å²) in [6, 6.07) is 3.45. The number of hydrogen-bond donors (Lipinski definition) is 2. The molecule has 0 aromatic carbocycles. The lowest BCUT2D eigenvalue weighted by Gasteiger charge is -2.14. The average molecular weight is 291 g/mol. The van der Waals surface area contributed by atoms with E-state index in [2.05, 4.69) is 15.6 Å². The van der Waals surface area contributed by atoms with Crippen LogP contribution in [0.1, 0.15) is 31.4 Å².